The lowest BCUT2D eigenvalue weighted by Crippen LogP contribution is -2.28. The van der Waals surface area contributed by atoms with Crippen molar-refractivity contribution in [2.24, 2.45) is 0 Å². The fourth-order valence-corrected chi connectivity index (χ4v) is 10.7. The molecular weight excluding hydrogens is 856 g/mol. The quantitative estimate of drug-likeness (QED) is 0.0925. The summed E-state index contributed by atoms with van der Waals surface area (Å²) in [4.78, 5) is 2.53. The van der Waals surface area contributed by atoms with E-state index >= 15 is 0 Å². The first-order valence-corrected chi connectivity index (χ1v) is 23.0. The number of benzene rings is 4. The minimum absolute atomic E-state index is 0.189. The number of hydrogen-bond donors (Lipinski definition) is 1. The Balaban J connectivity index is 1.25. The molecule has 5 nitrogen and oxygen atoms in total. The van der Waals surface area contributed by atoms with Crippen molar-refractivity contribution in [1.29, 1.82) is 0 Å². The number of nitrogens with zero attached hydrogens (tertiary/aromatic N) is 2. The topological polar surface area (TPSA) is 60.6 Å². The summed E-state index contributed by atoms with van der Waals surface area (Å²) in [5.74, 6) is -0.240. The van der Waals surface area contributed by atoms with Crippen LogP contribution in [-0.2, 0) is 20.9 Å². The first-order chi connectivity index (χ1) is 26.1. The van der Waals surface area contributed by atoms with Gasteiger partial charge in [0.1, 0.15) is 6.54 Å². The Bertz CT molecular complexity index is 2480. The summed E-state index contributed by atoms with van der Waals surface area (Å²) in [7, 11) is -4.01. The van der Waals surface area contributed by atoms with Crippen molar-refractivity contribution >= 4 is 92.2 Å². The van der Waals surface area contributed by atoms with Crippen molar-refractivity contribution in [2.75, 3.05) is 23.7 Å². The Kier molecular flexibility index (Phi) is 11.5. The van der Waals surface area contributed by atoms with Crippen molar-refractivity contribution in [3.8, 4) is 0 Å². The number of rotatable bonds is 11. The Hall–Kier alpha value is -3.01. The van der Waals surface area contributed by atoms with Crippen LogP contribution in [0.5, 0.6) is 0 Å². The molecule has 3 aliphatic rings. The Labute approximate surface area is 348 Å². The van der Waals surface area contributed by atoms with E-state index in [4.69, 9.17) is 11.6 Å². The van der Waals surface area contributed by atoms with E-state index in [1.54, 1.807) is 0 Å². The maximum atomic E-state index is 11.5. The monoisotopic (exact) mass is 903 g/mol. The van der Waals surface area contributed by atoms with Gasteiger partial charge in [-0.3, -0.25) is 4.55 Å². The number of hydrogen-bond acceptors (Lipinski definition) is 3. The van der Waals surface area contributed by atoms with Crippen LogP contribution < -0.4 is 4.90 Å². The van der Waals surface area contributed by atoms with Gasteiger partial charge in [0, 0.05) is 61.4 Å². The third kappa shape index (κ3) is 7.83. The van der Waals surface area contributed by atoms with Gasteiger partial charge in [-0.15, -0.1) is 0 Å². The maximum absolute atomic E-state index is 11.5. The normalized spacial score (nSPS) is 19.5. The summed E-state index contributed by atoms with van der Waals surface area (Å²) in [5, 5.41) is 5.75. The van der Waals surface area contributed by atoms with Crippen LogP contribution in [-0.4, -0.2) is 42.1 Å². The molecule has 9 heteroatoms. The second kappa shape index (κ2) is 15.7. The predicted molar refractivity (Wildman–Crippen MR) is 239 cm³/mol. The van der Waals surface area contributed by atoms with Crippen LogP contribution in [0, 0.1) is 0 Å². The zero-order valence-electron chi connectivity index (χ0n) is 32.4. The highest BCUT2D eigenvalue weighted by atomic mass is 79.9. The van der Waals surface area contributed by atoms with Gasteiger partial charge in [-0.1, -0.05) is 101 Å². The lowest BCUT2D eigenvalue weighted by molar-refractivity contribution is -0.438. The van der Waals surface area contributed by atoms with Crippen LogP contribution >= 0.6 is 43.5 Å². The van der Waals surface area contributed by atoms with Gasteiger partial charge in [0.05, 0.1) is 11.2 Å². The number of unbranched alkanes of at least 4 members (excludes halogenated alkanes) is 2. The number of fused-ring (bicyclic) bond motifs is 6. The van der Waals surface area contributed by atoms with Gasteiger partial charge in [-0.2, -0.15) is 13.0 Å². The van der Waals surface area contributed by atoms with Crippen LogP contribution in [0.3, 0.4) is 0 Å². The fourth-order valence-electron chi connectivity index (χ4n) is 9.05. The summed E-state index contributed by atoms with van der Waals surface area (Å²) in [6.45, 7) is 13.1. The number of anilines is 1. The molecule has 2 aliphatic heterocycles. The average molecular weight is 906 g/mol. The van der Waals surface area contributed by atoms with Crippen molar-refractivity contribution in [1.82, 2.24) is 0 Å². The van der Waals surface area contributed by atoms with Gasteiger partial charge in [-0.25, -0.2) is 0 Å². The van der Waals surface area contributed by atoms with E-state index in [0.29, 0.717) is 19.4 Å². The van der Waals surface area contributed by atoms with E-state index in [2.05, 4.69) is 161 Å². The summed E-state index contributed by atoms with van der Waals surface area (Å²) in [6, 6.07) is 21.9. The van der Waals surface area contributed by atoms with Gasteiger partial charge in [0.2, 0.25) is 5.69 Å². The van der Waals surface area contributed by atoms with Crippen LogP contribution in [0.1, 0.15) is 90.7 Å². The number of allylic oxidation sites excluding steroid dienone is 8. The summed E-state index contributed by atoms with van der Waals surface area (Å²) >= 11 is 14.6. The lowest BCUT2D eigenvalue weighted by atomic mass is 9.78. The largest absolute Gasteiger partial charge is 0.344 e. The molecule has 0 saturated heterocycles. The highest BCUT2D eigenvalue weighted by Crippen LogP contribution is 2.51. The smallest absolute Gasteiger partial charge is 0.264 e. The van der Waals surface area contributed by atoms with Crippen LogP contribution in [0.25, 0.3) is 21.5 Å². The molecule has 55 heavy (non-hydrogen) atoms. The average Bonchev–Trinajstić information content (AvgIpc) is 3.48. The minimum atomic E-state index is -4.01. The van der Waals surface area contributed by atoms with Crippen LogP contribution in [0.15, 0.2) is 116 Å². The van der Waals surface area contributed by atoms with Crippen LogP contribution in [0.4, 0.5) is 11.4 Å². The molecule has 1 N–H and O–H groups in total. The molecule has 0 bridgehead atoms. The van der Waals surface area contributed by atoms with E-state index in [0.717, 1.165) is 75.2 Å². The molecule has 7 rings (SSSR count). The second-order valence-electron chi connectivity index (χ2n) is 16.2. The molecule has 4 aromatic carbocycles. The summed E-state index contributed by atoms with van der Waals surface area (Å²) in [5.41, 5.74) is 9.31. The molecule has 288 valence electrons. The van der Waals surface area contributed by atoms with Gasteiger partial charge < -0.3 is 4.90 Å². The standard InChI is InChI=1S/C46H49Br2ClN2O3S/c1-6-7-25-50-38-21-13-32-28-34(47)17-19-36(32)42(38)45(2,3)40(50)23-15-30-11-10-12-31(44(30)49)16-24-41-46(4,5)43-37-20-18-35(48)29-33(37)14-22-39(43)51(41)26-8-9-27-55(52,53)54/h13-24,28-29H,6-12,25-27H2,1-5H3/p+1. The molecule has 0 aromatic heterocycles. The van der Waals surface area contributed by atoms with Gasteiger partial charge in [-0.05, 0) is 127 Å². The first-order valence-electron chi connectivity index (χ1n) is 19.4. The van der Waals surface area contributed by atoms with Crippen molar-refractivity contribution in [2.45, 2.75) is 90.4 Å². The molecule has 0 atom stereocenters. The Morgan fingerprint density at radius 1 is 0.836 bits per heavy atom. The van der Waals surface area contributed by atoms with Gasteiger partial charge in [0.25, 0.3) is 10.1 Å². The van der Waals surface area contributed by atoms with Gasteiger partial charge in [0.15, 0.2) is 5.71 Å². The van der Waals surface area contributed by atoms with Crippen molar-refractivity contribution in [3.63, 3.8) is 0 Å². The third-order valence-corrected chi connectivity index (χ3v) is 14.0. The molecule has 4 aromatic rings. The van der Waals surface area contributed by atoms with Crippen molar-refractivity contribution < 1.29 is 17.5 Å². The van der Waals surface area contributed by atoms with E-state index in [9.17, 15) is 13.0 Å². The predicted octanol–water partition coefficient (Wildman–Crippen LogP) is 13.2. The first kappa shape index (κ1) is 40.2. The molecule has 2 heterocycles. The highest BCUT2D eigenvalue weighted by molar-refractivity contribution is 9.10. The summed E-state index contributed by atoms with van der Waals surface area (Å²) in [6.07, 6.45) is 15.1. The van der Waals surface area contributed by atoms with E-state index in [1.807, 2.05) is 0 Å². The molecule has 0 spiro atoms. The molecule has 0 amide bonds. The molecule has 1 aliphatic carbocycles. The highest BCUT2D eigenvalue weighted by Gasteiger charge is 2.45. The minimum Gasteiger partial charge on any atom is -0.344 e. The van der Waals surface area contributed by atoms with Gasteiger partial charge >= 0.3 is 0 Å². The zero-order chi connectivity index (χ0) is 39.3. The number of halogens is 3. The second-order valence-corrected chi connectivity index (χ2v) is 20.0. The molecule has 0 unspecified atom stereocenters. The molecule has 0 radical (unpaired) electrons. The Morgan fingerprint density at radius 3 is 2.18 bits per heavy atom. The molecule has 0 fully saturated rings. The zero-order valence-corrected chi connectivity index (χ0v) is 37.1. The third-order valence-electron chi connectivity index (χ3n) is 11.7. The fraction of sp³-hybridized carbons (Fsp3) is 0.370. The Morgan fingerprint density at radius 2 is 1.51 bits per heavy atom. The molecular formula is C46H50Br2ClN2O3S+. The van der Waals surface area contributed by atoms with E-state index in [-0.39, 0.29) is 16.6 Å². The SMILES string of the molecule is CCCCN1/C(=C/C=C2\CCCC(/C=C/C3=[N+](CCCCS(=O)(=O)O)c4ccc5cc(Br)ccc5c4C3(C)C)=C2Cl)C(C)(C)c2c1ccc1cc(Br)ccc21. The van der Waals surface area contributed by atoms with Crippen molar-refractivity contribution in [3.05, 3.63) is 127 Å². The van der Waals surface area contributed by atoms with E-state index in [1.165, 1.54) is 44.1 Å². The maximum Gasteiger partial charge on any atom is 0.264 e. The summed E-state index contributed by atoms with van der Waals surface area (Å²) < 4.78 is 36.9. The van der Waals surface area contributed by atoms with Crippen LogP contribution in [0.2, 0.25) is 0 Å². The van der Waals surface area contributed by atoms with E-state index < -0.39 is 10.1 Å². The molecule has 0 saturated carbocycles. The lowest BCUT2D eigenvalue weighted by Gasteiger charge is -2.27.